The smallest absolute Gasteiger partial charge is 0.0564 e. The Labute approximate surface area is 144 Å². The molecule has 0 aliphatic rings. The molecule has 0 radical (unpaired) electrons. The van der Waals surface area contributed by atoms with Crippen LogP contribution >= 0.6 is 0 Å². The summed E-state index contributed by atoms with van der Waals surface area (Å²) in [5, 5.41) is 0. The van der Waals surface area contributed by atoms with Crippen LogP contribution in [0, 0.1) is 0 Å². The lowest BCUT2D eigenvalue weighted by Crippen LogP contribution is -1.47. The van der Waals surface area contributed by atoms with Crippen molar-refractivity contribution in [3.05, 3.63) is 0 Å². The van der Waals surface area contributed by atoms with Crippen molar-refractivity contribution in [2.45, 2.75) is 144 Å². The molecular weight excluding hydrogens is 252 g/mol. The third kappa shape index (κ3) is 405. The summed E-state index contributed by atoms with van der Waals surface area (Å²) in [6.07, 6.45) is 10.6. The monoisotopic (exact) mass is 312 g/mol. The molecule has 0 heteroatoms. The summed E-state index contributed by atoms with van der Waals surface area (Å²) in [4.78, 5) is 0. The first kappa shape index (κ1) is 58.3. The van der Waals surface area contributed by atoms with Crippen LogP contribution in [0.1, 0.15) is 144 Å². The molecule has 0 saturated heterocycles. The van der Waals surface area contributed by atoms with Crippen molar-refractivity contribution in [2.75, 3.05) is 0 Å². The number of unbranched alkanes of at least 4 members (excludes halogenated alkanes) is 4. The summed E-state index contributed by atoms with van der Waals surface area (Å²) < 4.78 is 0. The molecule has 0 N–H and O–H groups in total. The zero-order valence-electron chi connectivity index (χ0n) is 13.7. The van der Waals surface area contributed by atoms with Crippen molar-refractivity contribution in [1.29, 1.82) is 0 Å². The molecule has 0 aliphatic heterocycles. The lowest BCUT2D eigenvalue weighted by atomic mass is 10.4. The minimum atomic E-state index is 0. The summed E-state index contributed by atoms with van der Waals surface area (Å²) >= 11 is 0. The van der Waals surface area contributed by atoms with Crippen molar-refractivity contribution in [2.24, 2.45) is 0 Å². The number of rotatable bonds is 4. The van der Waals surface area contributed by atoms with E-state index in [2.05, 4.69) is 55.4 Å². The molecule has 0 aromatic rings. The zero-order valence-corrected chi connectivity index (χ0v) is 13.7. The fourth-order valence-corrected chi connectivity index (χ4v) is 0. The molecular formula is C21H60. The van der Waals surface area contributed by atoms with E-state index >= 15 is 0 Å². The maximum Gasteiger partial charge on any atom is -0.0564 e. The fraction of sp³-hybridized carbons (Fsp3) is 1.00. The Kier molecular flexibility index (Phi) is 313. The number of hydrogen-bond donors (Lipinski definition) is 0. The van der Waals surface area contributed by atoms with Gasteiger partial charge in [-0.15, -0.1) is 0 Å². The molecule has 0 atom stereocenters. The van der Waals surface area contributed by atoms with Crippen molar-refractivity contribution in [3.8, 4) is 0 Å². The summed E-state index contributed by atoms with van der Waals surface area (Å²) in [7, 11) is 0. The molecule has 144 valence electrons. The summed E-state index contributed by atoms with van der Waals surface area (Å²) in [6.45, 7) is 17.4. The van der Waals surface area contributed by atoms with Crippen LogP contribution in [-0.4, -0.2) is 0 Å². The predicted octanol–water partition coefficient (Wildman–Crippen LogP) is 10.4. The first-order valence-electron chi connectivity index (χ1n) is 7.66. The summed E-state index contributed by atoms with van der Waals surface area (Å²) in [5.41, 5.74) is 0. The van der Waals surface area contributed by atoms with Crippen molar-refractivity contribution in [3.63, 3.8) is 0 Å². The van der Waals surface area contributed by atoms with Crippen LogP contribution in [0.5, 0.6) is 0 Å². The van der Waals surface area contributed by atoms with Gasteiger partial charge in [0.1, 0.15) is 0 Å². The van der Waals surface area contributed by atoms with E-state index in [1.54, 1.807) is 0 Å². The van der Waals surface area contributed by atoms with Gasteiger partial charge in [-0.25, -0.2) is 0 Å². The molecule has 0 nitrogen and oxygen atoms in total. The molecule has 0 fully saturated rings. The molecule has 0 unspecified atom stereocenters. The third-order valence-corrected chi connectivity index (χ3v) is 2.00. The quantitative estimate of drug-likeness (QED) is 0.484. The van der Waals surface area contributed by atoms with E-state index in [0.717, 1.165) is 0 Å². The van der Waals surface area contributed by atoms with Crippen LogP contribution in [0.25, 0.3) is 0 Å². The van der Waals surface area contributed by atoms with Gasteiger partial charge in [-0.3, -0.25) is 0 Å². The lowest BCUT2D eigenvalue weighted by Gasteiger charge is -1.68. The topological polar surface area (TPSA) is 0 Å². The van der Waals surface area contributed by atoms with E-state index < -0.39 is 0 Å². The fourth-order valence-electron chi connectivity index (χ4n) is 0. The standard InChI is InChI=1S/4C4H10.5CH4/c4*1-3-4-2;;;;;/h4*3-4H2,1-2H3;5*1H4. The molecule has 0 spiro atoms. The Morgan fingerprint density at radius 2 is 0.286 bits per heavy atom. The molecule has 0 amide bonds. The normalized spacial score (nSPS) is 5.71. The highest BCUT2D eigenvalue weighted by atomic mass is 13.6. The minimum Gasteiger partial charge on any atom is -0.0776 e. The van der Waals surface area contributed by atoms with Gasteiger partial charge in [-0.05, 0) is 0 Å². The molecule has 0 heterocycles. The van der Waals surface area contributed by atoms with Gasteiger partial charge >= 0.3 is 0 Å². The Bertz CT molecular complexity index is 24.0. The molecule has 0 rings (SSSR count). The Balaban J connectivity index is -0.0000000121. The molecule has 0 aliphatic carbocycles. The third-order valence-electron chi connectivity index (χ3n) is 2.00. The Morgan fingerprint density at radius 3 is 0.286 bits per heavy atom. The highest BCUT2D eigenvalue weighted by Crippen LogP contribution is 1.77. The molecule has 0 aromatic carbocycles. The van der Waals surface area contributed by atoms with Crippen molar-refractivity contribution >= 4 is 0 Å². The van der Waals surface area contributed by atoms with E-state index in [4.69, 9.17) is 0 Å². The minimum absolute atomic E-state index is 0. The van der Waals surface area contributed by atoms with Gasteiger partial charge in [0.25, 0.3) is 0 Å². The van der Waals surface area contributed by atoms with Crippen LogP contribution in [-0.2, 0) is 0 Å². The predicted molar refractivity (Wildman–Crippen MR) is 116 cm³/mol. The van der Waals surface area contributed by atoms with E-state index in [0.29, 0.717) is 0 Å². The second-order valence-electron chi connectivity index (χ2n) is 4.00. The van der Waals surface area contributed by atoms with E-state index in [1.165, 1.54) is 51.4 Å². The van der Waals surface area contributed by atoms with Gasteiger partial charge in [-0.2, -0.15) is 0 Å². The lowest BCUT2D eigenvalue weighted by molar-refractivity contribution is 0.886. The maximum atomic E-state index is 2.18. The van der Waals surface area contributed by atoms with Crippen LogP contribution in [0.3, 0.4) is 0 Å². The average molecular weight is 313 g/mol. The van der Waals surface area contributed by atoms with Crippen LogP contribution in [0.4, 0.5) is 0 Å². The first-order chi connectivity index (χ1) is 7.66. The van der Waals surface area contributed by atoms with Crippen molar-refractivity contribution in [1.82, 2.24) is 0 Å². The summed E-state index contributed by atoms with van der Waals surface area (Å²) in [5.74, 6) is 0. The van der Waals surface area contributed by atoms with Gasteiger partial charge < -0.3 is 0 Å². The largest absolute Gasteiger partial charge is 0.0776 e. The van der Waals surface area contributed by atoms with Gasteiger partial charge in [0, 0.05) is 0 Å². The van der Waals surface area contributed by atoms with Crippen LogP contribution in [0.2, 0.25) is 0 Å². The molecule has 0 aromatic heterocycles. The number of hydrogen-bond acceptors (Lipinski definition) is 0. The maximum absolute atomic E-state index is 2.18. The molecule has 21 heavy (non-hydrogen) atoms. The Hall–Kier alpha value is 0. The Morgan fingerprint density at radius 1 is 0.238 bits per heavy atom. The van der Waals surface area contributed by atoms with E-state index in [9.17, 15) is 0 Å². The SMILES string of the molecule is C.C.C.C.C.CCCC.CCCC.CCCC.CCCC. The highest BCUT2D eigenvalue weighted by molar-refractivity contribution is 4.13. The van der Waals surface area contributed by atoms with E-state index in [-0.39, 0.29) is 37.1 Å². The van der Waals surface area contributed by atoms with Gasteiger partial charge in [0.05, 0.1) is 0 Å². The van der Waals surface area contributed by atoms with Crippen LogP contribution in [0.15, 0.2) is 0 Å². The van der Waals surface area contributed by atoms with Gasteiger partial charge in [-0.1, -0.05) is 144 Å². The van der Waals surface area contributed by atoms with Crippen molar-refractivity contribution < 1.29 is 0 Å². The zero-order chi connectivity index (χ0) is 13.7. The molecule has 0 bridgehead atoms. The highest BCUT2D eigenvalue weighted by Gasteiger charge is 1.57. The second-order valence-corrected chi connectivity index (χ2v) is 4.00. The molecule has 0 saturated carbocycles. The van der Waals surface area contributed by atoms with Gasteiger partial charge in [0.15, 0.2) is 0 Å². The summed E-state index contributed by atoms with van der Waals surface area (Å²) in [6, 6.07) is 0. The van der Waals surface area contributed by atoms with Crippen LogP contribution < -0.4 is 0 Å². The van der Waals surface area contributed by atoms with Gasteiger partial charge in [0.2, 0.25) is 0 Å². The second kappa shape index (κ2) is 113. The van der Waals surface area contributed by atoms with E-state index in [1.807, 2.05) is 0 Å². The average Bonchev–Trinajstić information content (AvgIpc) is 2.39. The first-order valence-corrected chi connectivity index (χ1v) is 7.66.